The second-order valence-electron chi connectivity index (χ2n) is 10.8. The van der Waals surface area contributed by atoms with Crippen LogP contribution < -0.4 is 9.97 Å². The summed E-state index contributed by atoms with van der Waals surface area (Å²) >= 11 is 4.58. The van der Waals surface area contributed by atoms with Gasteiger partial charge in [-0.3, -0.25) is 9.59 Å². The van der Waals surface area contributed by atoms with Gasteiger partial charge in [-0.15, -0.1) is 34.7 Å². The van der Waals surface area contributed by atoms with Crippen LogP contribution in [0.15, 0.2) is 43.5 Å². The SMILES string of the molecule is C=CC1=C(C)c2cc3[n-]c(cc4nc(cc5[n-]c(cc1n2)c(C)c5C(=C)S)C(C)=C4CCC(=O)O)c(CCC(=O)O)c3C.[Fe+2]. The van der Waals surface area contributed by atoms with Gasteiger partial charge in [0.1, 0.15) is 0 Å². The molecule has 0 radical (unpaired) electrons. The van der Waals surface area contributed by atoms with Crippen LogP contribution in [0.25, 0.3) is 49.3 Å². The third-order valence-corrected chi connectivity index (χ3v) is 8.32. The van der Waals surface area contributed by atoms with Gasteiger partial charge in [-0.25, -0.2) is 9.97 Å². The summed E-state index contributed by atoms with van der Waals surface area (Å²) in [6.45, 7) is 15.9. The van der Waals surface area contributed by atoms with E-state index in [9.17, 15) is 19.8 Å². The number of hydrogen-bond acceptors (Lipinski definition) is 5. The molecule has 10 heteroatoms. The molecule has 226 valence electrons. The number of rotatable bonds is 8. The predicted molar refractivity (Wildman–Crippen MR) is 174 cm³/mol. The van der Waals surface area contributed by atoms with E-state index in [2.05, 4.69) is 25.8 Å². The molecule has 0 atom stereocenters. The second-order valence-corrected chi connectivity index (χ2v) is 11.3. The molecule has 0 aliphatic carbocycles. The van der Waals surface area contributed by atoms with E-state index in [4.69, 9.17) is 19.9 Å². The molecule has 3 aromatic heterocycles. The number of allylic oxidation sites excluding steroid dienone is 5. The largest absolute Gasteiger partial charge is 2.00 e. The minimum Gasteiger partial charge on any atom is -0.657 e. The summed E-state index contributed by atoms with van der Waals surface area (Å²) in [5, 5.41) is 18.9. The number of nitrogens with zero attached hydrogens (tertiary/aromatic N) is 4. The van der Waals surface area contributed by atoms with E-state index in [1.807, 2.05) is 52.0 Å². The summed E-state index contributed by atoms with van der Waals surface area (Å²) in [6.07, 6.45) is 2.22. The van der Waals surface area contributed by atoms with Gasteiger partial charge in [0.05, 0.1) is 22.8 Å². The van der Waals surface area contributed by atoms with Crippen LogP contribution in [0.3, 0.4) is 0 Å². The Hall–Kier alpha value is -4.11. The predicted octanol–water partition coefficient (Wildman–Crippen LogP) is 7.02. The molecule has 0 spiro atoms. The van der Waals surface area contributed by atoms with Crippen LogP contribution in [0, 0.1) is 13.8 Å². The molecular weight excluding hydrogens is 616 g/mol. The number of thiol groups is 1. The Kier molecular flexibility index (Phi) is 9.59. The van der Waals surface area contributed by atoms with Crippen molar-refractivity contribution >= 4 is 73.8 Å². The quantitative estimate of drug-likeness (QED) is 0.176. The maximum Gasteiger partial charge on any atom is 2.00 e. The topological polar surface area (TPSA) is 129 Å². The molecule has 2 N–H and O–H groups in total. The molecule has 5 rings (SSSR count). The fourth-order valence-corrected chi connectivity index (χ4v) is 5.98. The van der Waals surface area contributed by atoms with Crippen LogP contribution in [-0.4, -0.2) is 32.1 Å². The molecule has 0 aromatic carbocycles. The summed E-state index contributed by atoms with van der Waals surface area (Å²) in [7, 11) is 0. The van der Waals surface area contributed by atoms with Crippen LogP contribution in [-0.2, 0) is 33.1 Å². The van der Waals surface area contributed by atoms with Gasteiger partial charge in [0.2, 0.25) is 0 Å². The standard InChI is InChI=1S/C34H34N4O4S.Fe/c1-7-21-16(2)24-12-25-17(3)22(8-10-32(39)40)29(36-25)15-30-23(9-11-33(41)42)18(4)26(37-30)14-31-34(20(6)43)19(5)27(38-31)13-28(21)35-24;/h7,12-15H,1,6,8-11H2,2-5H3,(H5,35,36,37,38,39,40,41,42,43);/q;+2/p-2. The Morgan fingerprint density at radius 2 is 1.32 bits per heavy atom. The molecule has 5 heterocycles. The van der Waals surface area contributed by atoms with Gasteiger partial charge < -0.3 is 20.2 Å². The number of aliphatic carboxylic acids is 2. The van der Waals surface area contributed by atoms with Crippen molar-refractivity contribution in [3.8, 4) is 0 Å². The fourth-order valence-electron chi connectivity index (χ4n) is 5.70. The number of fused-ring (bicyclic) bond motifs is 8. The first-order valence-electron chi connectivity index (χ1n) is 13.9. The van der Waals surface area contributed by atoms with Crippen molar-refractivity contribution < 1.29 is 36.9 Å². The number of hydrogen-bond donors (Lipinski definition) is 3. The molecule has 8 bridgehead atoms. The molecule has 0 saturated carbocycles. The fraction of sp³-hybridized carbons (Fsp3) is 0.235. The Morgan fingerprint density at radius 3 is 1.95 bits per heavy atom. The maximum atomic E-state index is 11.5. The summed E-state index contributed by atoms with van der Waals surface area (Å²) in [4.78, 5) is 43.4. The molecule has 0 fully saturated rings. The van der Waals surface area contributed by atoms with Crippen LogP contribution in [0.1, 0.15) is 78.1 Å². The monoisotopic (exact) mass is 648 g/mol. The smallest absolute Gasteiger partial charge is 0.657 e. The van der Waals surface area contributed by atoms with E-state index in [1.165, 1.54) is 0 Å². The minimum atomic E-state index is -0.908. The first-order valence-corrected chi connectivity index (χ1v) is 14.3. The van der Waals surface area contributed by atoms with Crippen molar-refractivity contribution in [2.45, 2.75) is 53.4 Å². The Bertz CT molecular complexity index is 1980. The zero-order chi connectivity index (χ0) is 31.2. The average Bonchev–Trinajstić information content (AvgIpc) is 3.59. The molecule has 2 aliphatic rings. The Morgan fingerprint density at radius 1 is 0.795 bits per heavy atom. The summed E-state index contributed by atoms with van der Waals surface area (Å²) in [5.74, 6) is -1.81. The van der Waals surface area contributed by atoms with Crippen molar-refractivity contribution in [1.29, 1.82) is 0 Å². The molecule has 0 saturated heterocycles. The van der Waals surface area contributed by atoms with E-state index in [-0.39, 0.29) is 42.8 Å². The molecule has 0 amide bonds. The van der Waals surface area contributed by atoms with E-state index in [0.29, 0.717) is 32.8 Å². The molecule has 3 aromatic rings. The molecule has 44 heavy (non-hydrogen) atoms. The minimum absolute atomic E-state index is 0. The molecule has 0 unspecified atom stereocenters. The van der Waals surface area contributed by atoms with Gasteiger partial charge in [-0.05, 0) is 62.8 Å². The maximum absolute atomic E-state index is 11.5. The molecular formula is C34H32FeN4O4S. The first kappa shape index (κ1) is 32.8. The molecule has 8 nitrogen and oxygen atoms in total. The number of carboxylic acid groups (broad SMARTS) is 2. The summed E-state index contributed by atoms with van der Waals surface area (Å²) in [6, 6.07) is 7.55. The van der Waals surface area contributed by atoms with Crippen LogP contribution in [0.5, 0.6) is 0 Å². The third-order valence-electron chi connectivity index (χ3n) is 8.10. The van der Waals surface area contributed by atoms with Gasteiger partial charge >= 0.3 is 29.0 Å². The summed E-state index contributed by atoms with van der Waals surface area (Å²) < 4.78 is 0. The van der Waals surface area contributed by atoms with E-state index >= 15 is 0 Å². The van der Waals surface area contributed by atoms with Crippen LogP contribution >= 0.6 is 12.6 Å². The van der Waals surface area contributed by atoms with Gasteiger partial charge in [-0.1, -0.05) is 60.2 Å². The molecule has 2 aliphatic heterocycles. The third kappa shape index (κ3) is 6.11. The van der Waals surface area contributed by atoms with Crippen molar-refractivity contribution in [2.75, 3.05) is 0 Å². The van der Waals surface area contributed by atoms with E-state index in [1.54, 1.807) is 6.08 Å². The van der Waals surface area contributed by atoms with Crippen molar-refractivity contribution in [1.82, 2.24) is 19.9 Å². The van der Waals surface area contributed by atoms with Crippen molar-refractivity contribution in [3.05, 3.63) is 88.5 Å². The van der Waals surface area contributed by atoms with Crippen molar-refractivity contribution in [3.63, 3.8) is 0 Å². The zero-order valence-corrected chi connectivity index (χ0v) is 26.9. The first-order chi connectivity index (χ1) is 20.4. The average molecular weight is 649 g/mol. The van der Waals surface area contributed by atoms with Gasteiger partial charge in [0.25, 0.3) is 0 Å². The van der Waals surface area contributed by atoms with E-state index < -0.39 is 11.9 Å². The Balaban J connectivity index is 0.00000442. The number of carbonyl (C=O) groups is 2. The second kappa shape index (κ2) is 12.9. The van der Waals surface area contributed by atoms with Gasteiger partial charge in [-0.2, -0.15) is 0 Å². The zero-order valence-electron chi connectivity index (χ0n) is 24.9. The van der Waals surface area contributed by atoms with Crippen molar-refractivity contribution in [2.24, 2.45) is 0 Å². The van der Waals surface area contributed by atoms with Crippen LogP contribution in [0.2, 0.25) is 0 Å². The number of aryl methyl sites for hydroxylation is 3. The number of carboxylic acids is 2. The van der Waals surface area contributed by atoms with Gasteiger partial charge in [0.15, 0.2) is 0 Å². The summed E-state index contributed by atoms with van der Waals surface area (Å²) in [5.41, 5.74) is 12.2. The van der Waals surface area contributed by atoms with Gasteiger partial charge in [0, 0.05) is 23.3 Å². The normalized spacial score (nSPS) is 12.8. The van der Waals surface area contributed by atoms with E-state index in [0.717, 1.165) is 61.5 Å². The number of aromatic nitrogens is 4. The van der Waals surface area contributed by atoms with Crippen LogP contribution in [0.4, 0.5) is 0 Å². The Labute approximate surface area is 271 Å².